The van der Waals surface area contributed by atoms with Gasteiger partial charge in [-0.1, -0.05) is 0 Å². The molecule has 0 bridgehead atoms. The predicted molar refractivity (Wildman–Crippen MR) is 14.0 cm³/mol. The van der Waals surface area contributed by atoms with Gasteiger partial charge in [-0.05, 0) is 0 Å². The van der Waals surface area contributed by atoms with Gasteiger partial charge in [0.1, 0.15) is 0 Å². The molecule has 0 aromatic rings. The van der Waals surface area contributed by atoms with Crippen molar-refractivity contribution in [2.45, 2.75) is 0 Å². The van der Waals surface area contributed by atoms with Gasteiger partial charge in [0.2, 0.25) is 0 Å². The Kier molecular flexibility index (Phi) is 2.64. The van der Waals surface area contributed by atoms with Crippen LogP contribution in [-0.2, 0) is 9.13 Å². The van der Waals surface area contributed by atoms with E-state index in [0.29, 0.717) is 27.3 Å². The van der Waals surface area contributed by atoms with Crippen LogP contribution < -0.4 is 0 Å². The van der Waals surface area contributed by atoms with E-state index in [-0.39, 0.29) is 0 Å². The van der Waals surface area contributed by atoms with Gasteiger partial charge in [0.15, 0.2) is 0 Å². The van der Waals surface area contributed by atoms with Crippen molar-refractivity contribution in [2.24, 2.45) is 0 Å². The first-order valence-corrected chi connectivity index (χ1v) is 5.12. The molecule has 18 valence electrons. The van der Waals surface area contributed by atoms with Crippen molar-refractivity contribution in [3.05, 3.63) is 0 Å². The van der Waals surface area contributed by atoms with Crippen molar-refractivity contribution in [1.29, 1.82) is 0 Å². The zero-order chi connectivity index (χ0) is 3.58. The second-order valence-corrected chi connectivity index (χ2v) is 3.51. The Hall–Kier alpha value is 0.900. The van der Waals surface area contributed by atoms with Gasteiger partial charge in [0.05, 0.1) is 0 Å². The first-order valence-electron chi connectivity index (χ1n) is 0.812. The van der Waals surface area contributed by atoms with Crippen molar-refractivity contribution in [3.63, 3.8) is 0 Å². The molecule has 4 heteroatoms. The molecule has 0 saturated carbocycles. The average molecular weight is 86.0 g/mol. The standard InChI is InChI=1S/Na.O2P/c;1-3-2. The summed E-state index contributed by atoms with van der Waals surface area (Å²) in [5, 5.41) is 0. The van der Waals surface area contributed by atoms with Gasteiger partial charge in [0, 0.05) is 0 Å². The summed E-state index contributed by atoms with van der Waals surface area (Å²) in [6.07, 6.45) is 0. The number of rotatable bonds is 0. The fourth-order valence-corrected chi connectivity index (χ4v) is 0. The molecule has 0 radical (unpaired) electrons. The fraction of sp³-hybridized carbons (Fsp3) is 0. The minimum atomic E-state index is -1.98. The zero-order valence-corrected chi connectivity index (χ0v) is 5.16. The summed E-state index contributed by atoms with van der Waals surface area (Å²) in [4.78, 5) is 0. The molecule has 0 fully saturated rings. The van der Waals surface area contributed by atoms with E-state index in [1.807, 2.05) is 0 Å². The molecular weight excluding hydrogens is 86.0 g/mol. The maximum atomic E-state index is 9.10. The van der Waals surface area contributed by atoms with Gasteiger partial charge in [-0.2, -0.15) is 0 Å². The Morgan fingerprint density at radius 2 is 1.50 bits per heavy atom. The third-order valence-electron chi connectivity index (χ3n) is 0. The maximum absolute atomic E-state index is 9.10. The Balaban J connectivity index is 3.51. The van der Waals surface area contributed by atoms with Crippen LogP contribution in [0.5, 0.6) is 0 Å². The molecule has 0 atom stereocenters. The summed E-state index contributed by atoms with van der Waals surface area (Å²) in [5.41, 5.74) is 0. The Labute approximate surface area is 41.0 Å². The molecule has 0 aliphatic carbocycles. The molecule has 0 heterocycles. The van der Waals surface area contributed by atoms with Crippen LogP contribution in [0.1, 0.15) is 0 Å². The fourth-order valence-electron chi connectivity index (χ4n) is 0. The monoisotopic (exact) mass is 86.0 g/mol. The van der Waals surface area contributed by atoms with E-state index in [1.54, 1.807) is 0 Å². The van der Waals surface area contributed by atoms with Crippen LogP contribution in [0.4, 0.5) is 0 Å². The third kappa shape index (κ3) is 12.9. The van der Waals surface area contributed by atoms with Crippen molar-refractivity contribution >= 4 is 31.7 Å². The molecular formula is NaO2P. The molecule has 0 saturated heterocycles. The van der Waals surface area contributed by atoms with Crippen LogP contribution in [0.2, 0.25) is 0 Å². The van der Waals surface area contributed by atoms with Crippen molar-refractivity contribution in [2.75, 3.05) is 0 Å². The van der Waals surface area contributed by atoms with E-state index in [0.717, 1.165) is 0 Å². The van der Waals surface area contributed by atoms with Gasteiger partial charge < -0.3 is 0 Å². The molecule has 0 aliphatic rings. The SMILES string of the molecule is O=[P](=O)[Na]. The molecule has 0 aromatic heterocycles. The molecule has 0 unspecified atom stereocenters. The molecule has 0 aliphatic heterocycles. The van der Waals surface area contributed by atoms with Gasteiger partial charge >= 0.3 is 40.9 Å². The summed E-state index contributed by atoms with van der Waals surface area (Å²) in [6, 6.07) is 0. The normalized spacial score (nSPS) is 6.50. The summed E-state index contributed by atoms with van der Waals surface area (Å²) in [7, 11) is 0. The zero-order valence-electron chi connectivity index (χ0n) is 2.26. The van der Waals surface area contributed by atoms with E-state index in [9.17, 15) is 0 Å². The van der Waals surface area contributed by atoms with E-state index in [2.05, 4.69) is 0 Å². The first kappa shape index (κ1) is 4.90. The van der Waals surface area contributed by atoms with Crippen LogP contribution in [-0.4, -0.2) is 27.3 Å². The minimum absolute atomic E-state index is 0.302. The van der Waals surface area contributed by atoms with Gasteiger partial charge in [0.25, 0.3) is 0 Å². The molecule has 0 amide bonds. The number of hydrogen-bond donors (Lipinski definition) is 0. The summed E-state index contributed by atoms with van der Waals surface area (Å²) < 4.78 is 16.2. The second kappa shape index (κ2) is 2.16. The van der Waals surface area contributed by atoms with Crippen LogP contribution >= 0.6 is 4.44 Å². The predicted octanol–water partition coefficient (Wildman–Crippen LogP) is 0.243. The van der Waals surface area contributed by atoms with Crippen LogP contribution in [0.25, 0.3) is 0 Å². The van der Waals surface area contributed by atoms with E-state index < -0.39 is 4.44 Å². The van der Waals surface area contributed by atoms with Gasteiger partial charge in [-0.15, -0.1) is 0 Å². The topological polar surface area (TPSA) is 34.1 Å². The van der Waals surface area contributed by atoms with Gasteiger partial charge in [-0.25, -0.2) is 0 Å². The Bertz CT molecular complexity index is 54.4. The molecule has 0 N–H and O–H groups in total. The van der Waals surface area contributed by atoms with Crippen LogP contribution in [0.3, 0.4) is 0 Å². The number of hydrogen-bond acceptors (Lipinski definition) is 2. The first-order chi connectivity index (χ1) is 1.73. The van der Waals surface area contributed by atoms with E-state index >= 15 is 0 Å². The third-order valence-corrected chi connectivity index (χ3v) is 0. The Morgan fingerprint density at radius 1 is 1.50 bits per heavy atom. The van der Waals surface area contributed by atoms with Crippen LogP contribution in [0.15, 0.2) is 0 Å². The molecule has 0 rings (SSSR count). The van der Waals surface area contributed by atoms with Gasteiger partial charge in [-0.3, -0.25) is 0 Å². The molecule has 0 aromatic carbocycles. The van der Waals surface area contributed by atoms with Crippen LogP contribution in [0, 0.1) is 0 Å². The van der Waals surface area contributed by atoms with E-state index in [4.69, 9.17) is 9.13 Å². The summed E-state index contributed by atoms with van der Waals surface area (Å²) >= 11 is 0.302. The quantitative estimate of drug-likeness (QED) is 0.312. The summed E-state index contributed by atoms with van der Waals surface area (Å²) in [5.74, 6) is 0. The molecule has 0 spiro atoms. The van der Waals surface area contributed by atoms with Crippen molar-refractivity contribution < 1.29 is 9.13 Å². The van der Waals surface area contributed by atoms with Crippen molar-refractivity contribution in [1.82, 2.24) is 0 Å². The van der Waals surface area contributed by atoms with Crippen molar-refractivity contribution in [3.8, 4) is 0 Å². The molecule has 2 nitrogen and oxygen atoms in total. The molecule has 4 heavy (non-hydrogen) atoms. The summed E-state index contributed by atoms with van der Waals surface area (Å²) in [6.45, 7) is 0. The second-order valence-electron chi connectivity index (χ2n) is 0.440. The average Bonchev–Trinajstić information content (AvgIpc) is 0.811. The van der Waals surface area contributed by atoms with E-state index in [1.165, 1.54) is 0 Å². The Morgan fingerprint density at radius 3 is 1.50 bits per heavy atom.